The summed E-state index contributed by atoms with van der Waals surface area (Å²) in [5.74, 6) is 0.362. The minimum absolute atomic E-state index is 0.0774. The van der Waals surface area contributed by atoms with Crippen LogP contribution in [0.1, 0.15) is 49.7 Å². The van der Waals surface area contributed by atoms with Gasteiger partial charge in [-0.2, -0.15) is 0 Å². The minimum atomic E-state index is -3.84. The van der Waals surface area contributed by atoms with Crippen molar-refractivity contribution < 1.29 is 17.9 Å². The smallest absolute Gasteiger partial charge is 0.264 e. The molecule has 6 nitrogen and oxygen atoms in total. The number of benzene rings is 3. The van der Waals surface area contributed by atoms with Gasteiger partial charge in [-0.05, 0) is 73.9 Å². The zero-order valence-corrected chi connectivity index (χ0v) is 22.6. The number of nitrogens with one attached hydrogen (secondary N) is 1. The van der Waals surface area contributed by atoms with E-state index in [0.717, 1.165) is 36.8 Å². The molecular weight excluding hydrogens is 508 g/mol. The van der Waals surface area contributed by atoms with Crippen LogP contribution in [0.3, 0.4) is 0 Å². The third kappa shape index (κ3) is 7.49. The van der Waals surface area contributed by atoms with E-state index < -0.39 is 10.0 Å². The predicted octanol–water partition coefficient (Wildman–Crippen LogP) is 6.26. The Bertz CT molecular complexity index is 1270. The summed E-state index contributed by atoms with van der Waals surface area (Å²) in [6, 6.07) is 20.9. The summed E-state index contributed by atoms with van der Waals surface area (Å²) >= 11 is 6.02. The van der Waals surface area contributed by atoms with Crippen molar-refractivity contribution in [3.8, 4) is 5.75 Å². The second-order valence-corrected chi connectivity index (χ2v) is 11.8. The predicted molar refractivity (Wildman–Crippen MR) is 148 cm³/mol. The zero-order valence-electron chi connectivity index (χ0n) is 21.0. The number of anilines is 1. The number of sulfonamides is 1. The van der Waals surface area contributed by atoms with Gasteiger partial charge in [-0.25, -0.2) is 8.42 Å². The first-order valence-electron chi connectivity index (χ1n) is 12.7. The Hall–Kier alpha value is -3.03. The lowest BCUT2D eigenvalue weighted by atomic mass is 10.1. The lowest BCUT2D eigenvalue weighted by molar-refractivity contribution is -0.123. The Morgan fingerprint density at radius 1 is 0.919 bits per heavy atom. The number of halogens is 1. The molecule has 0 atom stereocenters. The number of hydrogen-bond acceptors (Lipinski definition) is 4. The van der Waals surface area contributed by atoms with E-state index in [4.69, 9.17) is 16.3 Å². The van der Waals surface area contributed by atoms with E-state index in [2.05, 4.69) is 5.32 Å². The molecule has 0 radical (unpaired) electrons. The van der Waals surface area contributed by atoms with Gasteiger partial charge in [0.25, 0.3) is 15.9 Å². The van der Waals surface area contributed by atoms with E-state index in [1.54, 1.807) is 60.7 Å². The van der Waals surface area contributed by atoms with Crippen LogP contribution >= 0.6 is 11.6 Å². The number of carbonyl (C=O) groups excluding carboxylic acids is 1. The van der Waals surface area contributed by atoms with Crippen LogP contribution in [0.5, 0.6) is 5.75 Å². The van der Waals surface area contributed by atoms with E-state index in [1.165, 1.54) is 17.1 Å². The standard InChI is InChI=1S/C29H33ClN2O4S/c1-22-8-18-28(19-9-22)37(34,35)32(20-23-10-12-24(30)13-11-23)26-14-16-27(17-15-26)36-21-29(33)31-25-6-4-2-3-5-7-25/h8-19,25H,2-7,20-21H2,1H3,(H,31,33). The Morgan fingerprint density at radius 2 is 1.54 bits per heavy atom. The number of nitrogens with zero attached hydrogens (tertiary/aromatic N) is 1. The lowest BCUT2D eigenvalue weighted by Crippen LogP contribution is -2.37. The molecule has 3 aromatic rings. The number of ether oxygens (including phenoxy) is 1. The average molecular weight is 541 g/mol. The SMILES string of the molecule is Cc1ccc(S(=O)(=O)N(Cc2ccc(Cl)cc2)c2ccc(OCC(=O)NC3CCCCCC3)cc2)cc1. The highest BCUT2D eigenvalue weighted by atomic mass is 35.5. The van der Waals surface area contributed by atoms with Gasteiger partial charge < -0.3 is 10.1 Å². The molecule has 1 aliphatic carbocycles. The van der Waals surface area contributed by atoms with E-state index >= 15 is 0 Å². The summed E-state index contributed by atoms with van der Waals surface area (Å²) in [5, 5.41) is 3.66. The Morgan fingerprint density at radius 3 is 2.16 bits per heavy atom. The Labute approximate surface area is 224 Å². The summed E-state index contributed by atoms with van der Waals surface area (Å²) in [4.78, 5) is 12.6. The monoisotopic (exact) mass is 540 g/mol. The van der Waals surface area contributed by atoms with Gasteiger partial charge >= 0.3 is 0 Å². The molecule has 0 bridgehead atoms. The van der Waals surface area contributed by atoms with Gasteiger partial charge in [0, 0.05) is 11.1 Å². The molecule has 0 aromatic heterocycles. The fraction of sp³-hybridized carbons (Fsp3) is 0.345. The highest BCUT2D eigenvalue weighted by Crippen LogP contribution is 2.28. The van der Waals surface area contributed by atoms with Crippen molar-refractivity contribution in [2.24, 2.45) is 0 Å². The molecule has 1 saturated carbocycles. The molecule has 37 heavy (non-hydrogen) atoms. The number of hydrogen-bond donors (Lipinski definition) is 1. The second kappa shape index (κ2) is 12.5. The van der Waals surface area contributed by atoms with Crippen molar-refractivity contribution in [1.82, 2.24) is 5.32 Å². The van der Waals surface area contributed by atoms with Crippen molar-refractivity contribution in [1.29, 1.82) is 0 Å². The molecule has 0 heterocycles. The Balaban J connectivity index is 1.48. The summed E-state index contributed by atoms with van der Waals surface area (Å²) in [7, 11) is -3.84. The number of amides is 1. The maximum absolute atomic E-state index is 13.6. The van der Waals surface area contributed by atoms with Crippen molar-refractivity contribution in [2.45, 2.75) is 62.9 Å². The topological polar surface area (TPSA) is 75.7 Å². The van der Waals surface area contributed by atoms with E-state index in [9.17, 15) is 13.2 Å². The molecule has 0 unspecified atom stereocenters. The molecule has 1 N–H and O–H groups in total. The number of carbonyl (C=O) groups is 1. The van der Waals surface area contributed by atoms with Crippen LogP contribution in [0.2, 0.25) is 5.02 Å². The first-order valence-corrected chi connectivity index (χ1v) is 14.5. The van der Waals surface area contributed by atoms with Gasteiger partial charge in [0.1, 0.15) is 5.75 Å². The Kier molecular flexibility index (Phi) is 9.11. The zero-order chi connectivity index (χ0) is 26.3. The van der Waals surface area contributed by atoms with Gasteiger partial charge in [0.2, 0.25) is 0 Å². The van der Waals surface area contributed by atoms with Gasteiger partial charge in [-0.1, -0.05) is 67.1 Å². The maximum Gasteiger partial charge on any atom is 0.264 e. The van der Waals surface area contributed by atoms with E-state index in [-0.39, 0.29) is 30.0 Å². The largest absolute Gasteiger partial charge is 0.484 e. The van der Waals surface area contributed by atoms with Crippen LogP contribution in [0.15, 0.2) is 77.7 Å². The molecular formula is C29H33ClN2O4S. The van der Waals surface area contributed by atoms with Crippen LogP contribution in [0.25, 0.3) is 0 Å². The molecule has 1 fully saturated rings. The van der Waals surface area contributed by atoms with E-state index in [0.29, 0.717) is 16.5 Å². The molecule has 1 aliphatic rings. The summed E-state index contributed by atoms with van der Waals surface area (Å²) < 4.78 is 34.3. The van der Waals surface area contributed by atoms with Crippen molar-refractivity contribution >= 4 is 33.2 Å². The third-order valence-corrected chi connectivity index (χ3v) is 8.60. The van der Waals surface area contributed by atoms with Crippen LogP contribution in [0, 0.1) is 6.92 Å². The van der Waals surface area contributed by atoms with Gasteiger partial charge in [0.15, 0.2) is 6.61 Å². The third-order valence-electron chi connectivity index (χ3n) is 6.56. The molecule has 1 amide bonds. The van der Waals surface area contributed by atoms with Crippen molar-refractivity contribution in [3.63, 3.8) is 0 Å². The highest BCUT2D eigenvalue weighted by molar-refractivity contribution is 7.92. The quantitative estimate of drug-likeness (QED) is 0.325. The van der Waals surface area contributed by atoms with Crippen molar-refractivity contribution in [3.05, 3.63) is 88.9 Å². The number of rotatable bonds is 9. The molecule has 196 valence electrons. The summed E-state index contributed by atoms with van der Waals surface area (Å²) in [6.45, 7) is 1.97. The van der Waals surface area contributed by atoms with Gasteiger partial charge in [0.05, 0.1) is 17.1 Å². The summed E-state index contributed by atoms with van der Waals surface area (Å²) in [5.41, 5.74) is 2.27. The first-order chi connectivity index (χ1) is 17.8. The molecule has 0 spiro atoms. The van der Waals surface area contributed by atoms with Crippen molar-refractivity contribution in [2.75, 3.05) is 10.9 Å². The van der Waals surface area contributed by atoms with Crippen LogP contribution in [0.4, 0.5) is 5.69 Å². The highest BCUT2D eigenvalue weighted by Gasteiger charge is 2.25. The van der Waals surface area contributed by atoms with Gasteiger partial charge in [-0.15, -0.1) is 0 Å². The van der Waals surface area contributed by atoms with Crippen LogP contribution in [-0.2, 0) is 21.4 Å². The molecule has 3 aromatic carbocycles. The average Bonchev–Trinajstić information content (AvgIpc) is 3.16. The number of aryl methyl sites for hydroxylation is 1. The first kappa shape index (κ1) is 27.0. The molecule has 0 saturated heterocycles. The second-order valence-electron chi connectivity index (χ2n) is 9.49. The summed E-state index contributed by atoms with van der Waals surface area (Å²) in [6.07, 6.45) is 6.77. The van der Waals surface area contributed by atoms with Crippen LogP contribution < -0.4 is 14.4 Å². The fourth-order valence-corrected chi connectivity index (χ4v) is 6.04. The lowest BCUT2D eigenvalue weighted by Gasteiger charge is -2.25. The van der Waals surface area contributed by atoms with E-state index in [1.807, 2.05) is 19.1 Å². The maximum atomic E-state index is 13.6. The van der Waals surface area contributed by atoms with Crippen LogP contribution in [-0.4, -0.2) is 27.0 Å². The fourth-order valence-electron chi connectivity index (χ4n) is 4.46. The normalized spacial score (nSPS) is 14.5. The van der Waals surface area contributed by atoms with Gasteiger partial charge in [-0.3, -0.25) is 9.10 Å². The minimum Gasteiger partial charge on any atom is -0.484 e. The molecule has 0 aliphatic heterocycles. The molecule has 4 rings (SSSR count). The molecule has 8 heteroatoms.